The predicted octanol–water partition coefficient (Wildman–Crippen LogP) is 0.623. The van der Waals surface area contributed by atoms with Gasteiger partial charge in [-0.2, -0.15) is 0 Å². The van der Waals surface area contributed by atoms with Crippen LogP contribution in [0.3, 0.4) is 0 Å². The van der Waals surface area contributed by atoms with Crippen molar-refractivity contribution < 1.29 is 9.53 Å². The molecule has 2 aliphatic rings. The largest absolute Gasteiger partial charge is 0.381 e. The molecule has 92 valence electrons. The fourth-order valence-electron chi connectivity index (χ4n) is 2.39. The van der Waals surface area contributed by atoms with Gasteiger partial charge in [0.05, 0.1) is 12.6 Å². The van der Waals surface area contributed by atoms with Gasteiger partial charge in [-0.25, -0.2) is 0 Å². The molecule has 2 fully saturated rings. The molecule has 2 saturated heterocycles. The monoisotopic (exact) mass is 226 g/mol. The van der Waals surface area contributed by atoms with Crippen molar-refractivity contribution >= 4 is 5.91 Å². The van der Waals surface area contributed by atoms with E-state index in [0.29, 0.717) is 5.92 Å². The summed E-state index contributed by atoms with van der Waals surface area (Å²) < 4.78 is 5.31. The van der Waals surface area contributed by atoms with Gasteiger partial charge in [0, 0.05) is 26.2 Å². The lowest BCUT2D eigenvalue weighted by molar-refractivity contribution is -0.132. The van der Waals surface area contributed by atoms with Crippen molar-refractivity contribution in [2.24, 2.45) is 5.92 Å². The van der Waals surface area contributed by atoms with Crippen LogP contribution in [0.25, 0.3) is 0 Å². The number of carbonyl (C=O) groups excluding carboxylic acids is 1. The second-order valence-electron chi connectivity index (χ2n) is 4.89. The number of amides is 1. The van der Waals surface area contributed by atoms with Crippen LogP contribution < -0.4 is 5.32 Å². The van der Waals surface area contributed by atoms with Gasteiger partial charge < -0.3 is 15.0 Å². The van der Waals surface area contributed by atoms with E-state index in [2.05, 4.69) is 5.32 Å². The highest BCUT2D eigenvalue weighted by Crippen LogP contribution is 2.12. The summed E-state index contributed by atoms with van der Waals surface area (Å²) in [7, 11) is 0. The van der Waals surface area contributed by atoms with Crippen LogP contribution in [0.2, 0.25) is 0 Å². The first-order valence-corrected chi connectivity index (χ1v) is 6.37. The Labute approximate surface area is 97.3 Å². The van der Waals surface area contributed by atoms with Crippen molar-refractivity contribution in [2.45, 2.75) is 32.2 Å². The molecule has 0 saturated carbocycles. The number of hydrogen-bond donors (Lipinski definition) is 1. The third-order valence-corrected chi connectivity index (χ3v) is 3.52. The molecular weight excluding hydrogens is 204 g/mol. The topological polar surface area (TPSA) is 41.6 Å². The second-order valence-corrected chi connectivity index (χ2v) is 4.89. The van der Waals surface area contributed by atoms with Gasteiger partial charge in [0.1, 0.15) is 0 Å². The molecule has 0 aromatic carbocycles. The minimum absolute atomic E-state index is 0.0429. The first kappa shape index (κ1) is 11.9. The fraction of sp³-hybridized carbons (Fsp3) is 0.917. The lowest BCUT2D eigenvalue weighted by atomic mass is 10.1. The van der Waals surface area contributed by atoms with Crippen molar-refractivity contribution in [3.8, 4) is 0 Å². The van der Waals surface area contributed by atoms with Crippen LogP contribution in [0.4, 0.5) is 0 Å². The molecule has 4 heteroatoms. The van der Waals surface area contributed by atoms with Crippen molar-refractivity contribution in [2.75, 3.05) is 32.8 Å². The molecule has 0 spiro atoms. The second kappa shape index (κ2) is 5.64. The maximum atomic E-state index is 12.0. The number of ether oxygens (including phenoxy) is 1. The highest BCUT2D eigenvalue weighted by atomic mass is 16.5. The highest BCUT2D eigenvalue weighted by molar-refractivity contribution is 5.81. The molecule has 0 unspecified atom stereocenters. The summed E-state index contributed by atoms with van der Waals surface area (Å²) in [6.07, 6.45) is 3.45. The molecular formula is C12H22N2O2. The molecule has 2 aliphatic heterocycles. The minimum atomic E-state index is -0.0429. The summed E-state index contributed by atoms with van der Waals surface area (Å²) >= 11 is 0. The number of nitrogens with zero attached hydrogens (tertiary/aromatic N) is 1. The maximum Gasteiger partial charge on any atom is 0.239 e. The lowest BCUT2D eigenvalue weighted by Crippen LogP contribution is -2.45. The van der Waals surface area contributed by atoms with E-state index < -0.39 is 0 Å². The van der Waals surface area contributed by atoms with Crippen molar-refractivity contribution in [3.63, 3.8) is 0 Å². The molecule has 4 nitrogen and oxygen atoms in total. The predicted molar refractivity (Wildman–Crippen MR) is 62.2 cm³/mol. The highest BCUT2D eigenvalue weighted by Gasteiger charge is 2.24. The Morgan fingerprint density at radius 2 is 2.25 bits per heavy atom. The SMILES string of the molecule is C[C@H](NC[C@H]1CCOC1)C(=O)N1CCCC1. The van der Waals surface area contributed by atoms with E-state index >= 15 is 0 Å². The minimum Gasteiger partial charge on any atom is -0.381 e. The quantitative estimate of drug-likeness (QED) is 0.764. The molecule has 2 rings (SSSR count). The van der Waals surface area contributed by atoms with Gasteiger partial charge >= 0.3 is 0 Å². The summed E-state index contributed by atoms with van der Waals surface area (Å²) in [5, 5.41) is 3.33. The van der Waals surface area contributed by atoms with Gasteiger partial charge in [-0.05, 0) is 32.1 Å². The molecule has 1 amide bonds. The van der Waals surface area contributed by atoms with Crippen molar-refractivity contribution in [1.29, 1.82) is 0 Å². The summed E-state index contributed by atoms with van der Waals surface area (Å²) in [6.45, 7) is 6.48. The van der Waals surface area contributed by atoms with E-state index in [1.165, 1.54) is 0 Å². The van der Waals surface area contributed by atoms with E-state index in [1.807, 2.05) is 11.8 Å². The fourth-order valence-corrected chi connectivity index (χ4v) is 2.39. The summed E-state index contributed by atoms with van der Waals surface area (Å²) in [5.74, 6) is 0.852. The van der Waals surface area contributed by atoms with E-state index in [9.17, 15) is 4.79 Å². The van der Waals surface area contributed by atoms with E-state index in [0.717, 1.165) is 52.1 Å². The van der Waals surface area contributed by atoms with Crippen LogP contribution in [0, 0.1) is 5.92 Å². The first-order valence-electron chi connectivity index (χ1n) is 6.37. The Morgan fingerprint density at radius 3 is 2.88 bits per heavy atom. The zero-order valence-corrected chi connectivity index (χ0v) is 10.1. The van der Waals surface area contributed by atoms with Crippen LogP contribution in [0.15, 0.2) is 0 Å². The maximum absolute atomic E-state index is 12.0. The molecule has 0 bridgehead atoms. The Bertz CT molecular complexity index is 233. The summed E-state index contributed by atoms with van der Waals surface area (Å²) in [6, 6.07) is -0.0429. The molecule has 0 aromatic rings. The third kappa shape index (κ3) is 2.95. The van der Waals surface area contributed by atoms with Gasteiger partial charge in [0.15, 0.2) is 0 Å². The van der Waals surface area contributed by atoms with E-state index in [1.54, 1.807) is 0 Å². The van der Waals surface area contributed by atoms with E-state index in [4.69, 9.17) is 4.74 Å². The molecule has 0 aliphatic carbocycles. The van der Waals surface area contributed by atoms with Gasteiger partial charge in [0.25, 0.3) is 0 Å². The van der Waals surface area contributed by atoms with Crippen molar-refractivity contribution in [1.82, 2.24) is 10.2 Å². The Kier molecular flexibility index (Phi) is 4.18. The summed E-state index contributed by atoms with van der Waals surface area (Å²) in [5.41, 5.74) is 0. The van der Waals surface area contributed by atoms with Crippen LogP contribution in [0.1, 0.15) is 26.2 Å². The average molecular weight is 226 g/mol. The Balaban J connectivity index is 1.69. The normalized spacial score (nSPS) is 27.3. The molecule has 2 heterocycles. The van der Waals surface area contributed by atoms with Crippen LogP contribution >= 0.6 is 0 Å². The third-order valence-electron chi connectivity index (χ3n) is 3.52. The van der Waals surface area contributed by atoms with Gasteiger partial charge in [0.2, 0.25) is 5.91 Å². The van der Waals surface area contributed by atoms with E-state index in [-0.39, 0.29) is 11.9 Å². The van der Waals surface area contributed by atoms with Crippen molar-refractivity contribution in [3.05, 3.63) is 0 Å². The zero-order chi connectivity index (χ0) is 11.4. The van der Waals surface area contributed by atoms with Gasteiger partial charge in [-0.1, -0.05) is 0 Å². The average Bonchev–Trinajstić information content (AvgIpc) is 2.96. The van der Waals surface area contributed by atoms with Gasteiger partial charge in [-0.15, -0.1) is 0 Å². The zero-order valence-electron chi connectivity index (χ0n) is 10.1. The number of rotatable bonds is 4. The Hall–Kier alpha value is -0.610. The van der Waals surface area contributed by atoms with Gasteiger partial charge in [-0.3, -0.25) is 4.79 Å². The molecule has 1 N–H and O–H groups in total. The standard InChI is InChI=1S/C12H22N2O2/c1-10(12(15)14-5-2-3-6-14)13-8-11-4-7-16-9-11/h10-11,13H,2-9H2,1H3/t10-,11+/m0/s1. The molecule has 16 heavy (non-hydrogen) atoms. The number of likely N-dealkylation sites (tertiary alicyclic amines) is 1. The first-order chi connectivity index (χ1) is 7.77. The lowest BCUT2D eigenvalue weighted by Gasteiger charge is -2.22. The molecule has 0 aromatic heterocycles. The Morgan fingerprint density at radius 1 is 1.50 bits per heavy atom. The smallest absolute Gasteiger partial charge is 0.239 e. The van der Waals surface area contributed by atoms with Crippen LogP contribution in [0.5, 0.6) is 0 Å². The molecule has 2 atom stereocenters. The number of carbonyl (C=O) groups is 1. The van der Waals surface area contributed by atoms with Crippen LogP contribution in [-0.2, 0) is 9.53 Å². The number of hydrogen-bond acceptors (Lipinski definition) is 3. The summed E-state index contributed by atoms with van der Waals surface area (Å²) in [4.78, 5) is 14.0. The van der Waals surface area contributed by atoms with Crippen LogP contribution in [-0.4, -0.2) is 49.7 Å². The molecule has 0 radical (unpaired) electrons. The number of nitrogens with one attached hydrogen (secondary N) is 1.